The van der Waals surface area contributed by atoms with Crippen LogP contribution in [0, 0.1) is 6.92 Å². The van der Waals surface area contributed by atoms with Gasteiger partial charge in [-0.05, 0) is 30.2 Å². The van der Waals surface area contributed by atoms with Gasteiger partial charge in [0, 0.05) is 0 Å². The molecule has 3 nitrogen and oxygen atoms in total. The molecule has 0 heterocycles. The van der Waals surface area contributed by atoms with E-state index in [-0.39, 0.29) is 6.61 Å². The van der Waals surface area contributed by atoms with Gasteiger partial charge in [0.05, 0.1) is 0 Å². The monoisotopic (exact) mass is 242 g/mol. The second-order valence-corrected chi connectivity index (χ2v) is 4.08. The fraction of sp³-hybridized carbons (Fsp3) is 0.133. The Kier molecular flexibility index (Phi) is 3.63. The minimum absolute atomic E-state index is 0.316. The zero-order valence-corrected chi connectivity index (χ0v) is 10.1. The van der Waals surface area contributed by atoms with Gasteiger partial charge in [-0.3, -0.25) is 0 Å². The number of carbonyl (C=O) groups is 1. The second-order valence-electron chi connectivity index (χ2n) is 4.08. The van der Waals surface area contributed by atoms with E-state index in [1.807, 2.05) is 37.3 Å². The van der Waals surface area contributed by atoms with Crippen molar-refractivity contribution < 1.29 is 14.6 Å². The fourth-order valence-corrected chi connectivity index (χ4v) is 1.71. The van der Waals surface area contributed by atoms with E-state index in [2.05, 4.69) is 6.07 Å². The number of ether oxygens (including phenoxy) is 1. The standard InChI is InChI=1S/C15H14O3/c1-11-3-2-4-13(9-11)12-5-7-14(8-6-12)18-10-15(16)17/h2-9H,10H2,1H3,(H,16,17). The predicted octanol–water partition coefficient (Wildman–Crippen LogP) is 3.13. The SMILES string of the molecule is Cc1cccc(-c2ccc(OCC(=O)O)cc2)c1. The summed E-state index contributed by atoms with van der Waals surface area (Å²) in [5.41, 5.74) is 3.43. The molecule has 0 aliphatic carbocycles. The van der Waals surface area contributed by atoms with Crippen LogP contribution in [0.25, 0.3) is 11.1 Å². The first-order chi connectivity index (χ1) is 8.65. The molecule has 0 spiro atoms. The highest BCUT2D eigenvalue weighted by Gasteiger charge is 2.01. The highest BCUT2D eigenvalue weighted by atomic mass is 16.5. The van der Waals surface area contributed by atoms with Crippen LogP contribution in [0.15, 0.2) is 48.5 Å². The van der Waals surface area contributed by atoms with Gasteiger partial charge in [-0.2, -0.15) is 0 Å². The smallest absolute Gasteiger partial charge is 0.341 e. The van der Waals surface area contributed by atoms with Crippen molar-refractivity contribution in [3.63, 3.8) is 0 Å². The van der Waals surface area contributed by atoms with E-state index in [0.29, 0.717) is 5.75 Å². The highest BCUT2D eigenvalue weighted by molar-refractivity contribution is 5.68. The molecule has 2 aromatic carbocycles. The topological polar surface area (TPSA) is 46.5 Å². The quantitative estimate of drug-likeness (QED) is 0.896. The average molecular weight is 242 g/mol. The Balaban J connectivity index is 2.14. The van der Waals surface area contributed by atoms with Crippen molar-refractivity contribution in [2.75, 3.05) is 6.61 Å². The molecule has 0 saturated heterocycles. The van der Waals surface area contributed by atoms with Crippen LogP contribution in [0.2, 0.25) is 0 Å². The van der Waals surface area contributed by atoms with Crippen LogP contribution in [0.1, 0.15) is 5.56 Å². The summed E-state index contributed by atoms with van der Waals surface area (Å²) in [6, 6.07) is 15.6. The summed E-state index contributed by atoms with van der Waals surface area (Å²) in [5, 5.41) is 8.51. The summed E-state index contributed by atoms with van der Waals surface area (Å²) in [4.78, 5) is 10.4. The summed E-state index contributed by atoms with van der Waals surface area (Å²) >= 11 is 0. The lowest BCUT2D eigenvalue weighted by atomic mass is 10.0. The van der Waals surface area contributed by atoms with Crippen molar-refractivity contribution in [2.45, 2.75) is 6.92 Å². The molecule has 3 heteroatoms. The summed E-state index contributed by atoms with van der Waals surface area (Å²) in [7, 11) is 0. The molecule has 0 atom stereocenters. The van der Waals surface area contributed by atoms with E-state index >= 15 is 0 Å². The van der Waals surface area contributed by atoms with Gasteiger partial charge >= 0.3 is 5.97 Å². The maximum absolute atomic E-state index is 10.4. The molecule has 2 rings (SSSR count). The molecule has 2 aromatic rings. The minimum Gasteiger partial charge on any atom is -0.482 e. The molecule has 0 amide bonds. The van der Waals surface area contributed by atoms with Crippen molar-refractivity contribution in [3.8, 4) is 16.9 Å². The molecule has 0 aromatic heterocycles. The molecule has 0 saturated carbocycles. The van der Waals surface area contributed by atoms with Crippen molar-refractivity contribution >= 4 is 5.97 Å². The van der Waals surface area contributed by atoms with Gasteiger partial charge in [-0.1, -0.05) is 42.0 Å². The van der Waals surface area contributed by atoms with Crippen LogP contribution < -0.4 is 4.74 Å². The van der Waals surface area contributed by atoms with E-state index < -0.39 is 5.97 Å². The molecule has 0 aliphatic heterocycles. The third-order valence-electron chi connectivity index (χ3n) is 2.57. The second kappa shape index (κ2) is 5.36. The number of rotatable bonds is 4. The number of aliphatic carboxylic acids is 1. The van der Waals surface area contributed by atoms with Gasteiger partial charge in [0.25, 0.3) is 0 Å². The Bertz CT molecular complexity index is 544. The molecular formula is C15H14O3. The Morgan fingerprint density at radius 1 is 1.11 bits per heavy atom. The van der Waals surface area contributed by atoms with E-state index in [1.165, 1.54) is 5.56 Å². The molecule has 0 bridgehead atoms. The minimum atomic E-state index is -0.974. The summed E-state index contributed by atoms with van der Waals surface area (Å²) in [6.45, 7) is 1.73. The van der Waals surface area contributed by atoms with Gasteiger partial charge in [0.15, 0.2) is 6.61 Å². The lowest BCUT2D eigenvalue weighted by molar-refractivity contribution is -0.139. The predicted molar refractivity (Wildman–Crippen MR) is 69.7 cm³/mol. The van der Waals surface area contributed by atoms with E-state index in [4.69, 9.17) is 9.84 Å². The van der Waals surface area contributed by atoms with E-state index in [1.54, 1.807) is 12.1 Å². The lowest BCUT2D eigenvalue weighted by Crippen LogP contribution is -2.09. The zero-order chi connectivity index (χ0) is 13.0. The first-order valence-electron chi connectivity index (χ1n) is 5.67. The number of hydrogen-bond donors (Lipinski definition) is 1. The number of hydrogen-bond acceptors (Lipinski definition) is 2. The number of carboxylic acid groups (broad SMARTS) is 1. The van der Waals surface area contributed by atoms with Crippen molar-refractivity contribution in [1.29, 1.82) is 0 Å². The molecule has 18 heavy (non-hydrogen) atoms. The lowest BCUT2D eigenvalue weighted by Gasteiger charge is -2.06. The van der Waals surface area contributed by atoms with Crippen molar-refractivity contribution in [2.24, 2.45) is 0 Å². The normalized spacial score (nSPS) is 10.1. The van der Waals surface area contributed by atoms with Gasteiger partial charge < -0.3 is 9.84 Å². The third-order valence-corrected chi connectivity index (χ3v) is 2.57. The molecule has 0 radical (unpaired) electrons. The van der Waals surface area contributed by atoms with Gasteiger partial charge in [0.2, 0.25) is 0 Å². The Labute approximate surface area is 106 Å². The molecule has 92 valence electrons. The molecule has 0 unspecified atom stereocenters. The maximum Gasteiger partial charge on any atom is 0.341 e. The van der Waals surface area contributed by atoms with Crippen LogP contribution in [0.4, 0.5) is 0 Å². The molecule has 0 fully saturated rings. The first-order valence-corrected chi connectivity index (χ1v) is 5.67. The molecular weight excluding hydrogens is 228 g/mol. The maximum atomic E-state index is 10.4. The highest BCUT2D eigenvalue weighted by Crippen LogP contribution is 2.23. The first kappa shape index (κ1) is 12.2. The number of carboxylic acids is 1. The fourth-order valence-electron chi connectivity index (χ4n) is 1.71. The van der Waals surface area contributed by atoms with Crippen molar-refractivity contribution in [3.05, 3.63) is 54.1 Å². The Morgan fingerprint density at radius 2 is 1.83 bits per heavy atom. The summed E-state index contributed by atoms with van der Waals surface area (Å²) in [5.74, 6) is -0.411. The van der Waals surface area contributed by atoms with Crippen LogP contribution in [-0.2, 0) is 4.79 Å². The third kappa shape index (κ3) is 3.10. The zero-order valence-electron chi connectivity index (χ0n) is 10.1. The Hall–Kier alpha value is -2.29. The van der Waals surface area contributed by atoms with E-state index in [9.17, 15) is 4.79 Å². The Morgan fingerprint density at radius 3 is 2.44 bits per heavy atom. The van der Waals surface area contributed by atoms with Crippen molar-refractivity contribution in [1.82, 2.24) is 0 Å². The molecule has 0 aliphatic rings. The van der Waals surface area contributed by atoms with Gasteiger partial charge in [0.1, 0.15) is 5.75 Å². The van der Waals surface area contributed by atoms with Crippen LogP contribution in [0.3, 0.4) is 0 Å². The van der Waals surface area contributed by atoms with Crippen LogP contribution in [0.5, 0.6) is 5.75 Å². The van der Waals surface area contributed by atoms with Gasteiger partial charge in [-0.25, -0.2) is 4.79 Å². The summed E-state index contributed by atoms with van der Waals surface area (Å²) in [6.07, 6.45) is 0. The average Bonchev–Trinajstić information content (AvgIpc) is 2.37. The largest absolute Gasteiger partial charge is 0.482 e. The molecule has 1 N–H and O–H groups in total. The van der Waals surface area contributed by atoms with Gasteiger partial charge in [-0.15, -0.1) is 0 Å². The summed E-state index contributed by atoms with van der Waals surface area (Å²) < 4.78 is 5.08. The van der Waals surface area contributed by atoms with Crippen LogP contribution in [-0.4, -0.2) is 17.7 Å². The number of benzene rings is 2. The van der Waals surface area contributed by atoms with E-state index in [0.717, 1.165) is 11.1 Å². The van der Waals surface area contributed by atoms with Crippen LogP contribution >= 0.6 is 0 Å². The number of aryl methyl sites for hydroxylation is 1.